The number of nitrogens with zero attached hydrogens (tertiary/aromatic N) is 1. The van der Waals surface area contributed by atoms with Gasteiger partial charge in [0.1, 0.15) is 11.5 Å². The first-order valence-electron chi connectivity index (χ1n) is 5.50. The Bertz CT molecular complexity index is 523. The molecule has 0 aliphatic heterocycles. The highest BCUT2D eigenvalue weighted by Gasteiger charge is 2.06. The van der Waals surface area contributed by atoms with Crippen molar-refractivity contribution in [2.24, 2.45) is 0 Å². The molecule has 1 N–H and O–H groups in total. The molecule has 0 bridgehead atoms. The zero-order valence-corrected chi connectivity index (χ0v) is 9.97. The molecule has 1 aromatic carbocycles. The molecule has 88 valence electrons. The maximum atomic E-state index is 9.24. The summed E-state index contributed by atoms with van der Waals surface area (Å²) in [6.07, 6.45) is 1.64. The van der Waals surface area contributed by atoms with E-state index in [2.05, 4.69) is 4.98 Å². The second-order valence-electron chi connectivity index (χ2n) is 3.96. The Kier molecular flexibility index (Phi) is 3.40. The number of hydrogen-bond donors (Lipinski definition) is 1. The van der Waals surface area contributed by atoms with Gasteiger partial charge in [0.25, 0.3) is 0 Å². The zero-order valence-electron chi connectivity index (χ0n) is 9.97. The number of para-hydroxylation sites is 1. The summed E-state index contributed by atoms with van der Waals surface area (Å²) < 4.78 is 5.81. The molecule has 0 radical (unpaired) electrons. The number of aliphatic hydroxyl groups excluding tert-OH is 1. The molecule has 2 aromatic rings. The molecule has 1 heterocycles. The van der Waals surface area contributed by atoms with Crippen LogP contribution in [-0.4, -0.2) is 10.1 Å². The van der Waals surface area contributed by atoms with Gasteiger partial charge in [-0.3, -0.25) is 4.98 Å². The van der Waals surface area contributed by atoms with Gasteiger partial charge in [-0.25, -0.2) is 0 Å². The fourth-order valence-electron chi connectivity index (χ4n) is 1.57. The van der Waals surface area contributed by atoms with E-state index in [-0.39, 0.29) is 6.61 Å². The molecule has 0 aliphatic carbocycles. The summed E-state index contributed by atoms with van der Waals surface area (Å²) >= 11 is 0. The van der Waals surface area contributed by atoms with Crippen LogP contribution in [0.4, 0.5) is 0 Å². The van der Waals surface area contributed by atoms with Crippen LogP contribution >= 0.6 is 0 Å². The summed E-state index contributed by atoms with van der Waals surface area (Å²) in [5, 5.41) is 9.24. The van der Waals surface area contributed by atoms with Gasteiger partial charge in [-0.15, -0.1) is 0 Å². The Labute approximate surface area is 101 Å². The lowest BCUT2D eigenvalue weighted by Gasteiger charge is -2.11. The van der Waals surface area contributed by atoms with E-state index in [0.717, 1.165) is 17.0 Å². The molecule has 3 nitrogen and oxygen atoms in total. The molecule has 0 fully saturated rings. The minimum absolute atomic E-state index is 0.0749. The number of hydrogen-bond acceptors (Lipinski definition) is 3. The molecule has 0 saturated carbocycles. The highest BCUT2D eigenvalue weighted by Crippen LogP contribution is 2.27. The number of rotatable bonds is 3. The molecular formula is C14H15NO2. The average Bonchev–Trinajstić information content (AvgIpc) is 2.32. The monoisotopic (exact) mass is 229 g/mol. The van der Waals surface area contributed by atoms with Crippen LogP contribution in [0, 0.1) is 13.8 Å². The van der Waals surface area contributed by atoms with Crippen LogP contribution in [0.3, 0.4) is 0 Å². The van der Waals surface area contributed by atoms with Crippen LogP contribution in [0.15, 0.2) is 36.5 Å². The normalized spacial score (nSPS) is 10.3. The molecule has 1 aromatic heterocycles. The number of aryl methyl sites for hydroxylation is 2. The van der Waals surface area contributed by atoms with E-state index in [1.807, 2.05) is 44.2 Å². The topological polar surface area (TPSA) is 42.4 Å². The molecule has 0 atom stereocenters. The number of pyridine rings is 1. The summed E-state index contributed by atoms with van der Waals surface area (Å²) in [5.74, 6) is 1.46. The van der Waals surface area contributed by atoms with Crippen molar-refractivity contribution in [3.63, 3.8) is 0 Å². The number of aromatic nitrogens is 1. The Morgan fingerprint density at radius 3 is 2.65 bits per heavy atom. The van der Waals surface area contributed by atoms with Crippen LogP contribution < -0.4 is 4.74 Å². The molecule has 0 amide bonds. The molecule has 3 heteroatoms. The van der Waals surface area contributed by atoms with Crippen molar-refractivity contribution < 1.29 is 9.84 Å². The van der Waals surface area contributed by atoms with Gasteiger partial charge in [-0.1, -0.05) is 18.2 Å². The van der Waals surface area contributed by atoms with E-state index in [1.165, 1.54) is 0 Å². The standard InChI is InChI=1S/C14H15NO2/c1-10-5-3-4-6-13(10)17-14-7-11(2)15-8-12(14)9-16/h3-8,16H,9H2,1-2H3. The second kappa shape index (κ2) is 4.97. The van der Waals surface area contributed by atoms with Gasteiger partial charge in [0, 0.05) is 23.5 Å². The third-order valence-electron chi connectivity index (χ3n) is 2.56. The third kappa shape index (κ3) is 2.63. The van der Waals surface area contributed by atoms with Crippen molar-refractivity contribution in [1.82, 2.24) is 4.98 Å². The zero-order chi connectivity index (χ0) is 12.3. The van der Waals surface area contributed by atoms with Gasteiger partial charge in [-0.05, 0) is 25.5 Å². The van der Waals surface area contributed by atoms with Gasteiger partial charge < -0.3 is 9.84 Å². The van der Waals surface area contributed by atoms with Crippen molar-refractivity contribution in [3.8, 4) is 11.5 Å². The fraction of sp³-hybridized carbons (Fsp3) is 0.214. The fourth-order valence-corrected chi connectivity index (χ4v) is 1.57. The van der Waals surface area contributed by atoms with Crippen LogP contribution in [0.1, 0.15) is 16.8 Å². The van der Waals surface area contributed by atoms with E-state index < -0.39 is 0 Å². The van der Waals surface area contributed by atoms with E-state index in [4.69, 9.17) is 4.74 Å². The quantitative estimate of drug-likeness (QED) is 0.879. The first-order chi connectivity index (χ1) is 8.20. The maximum absolute atomic E-state index is 9.24. The van der Waals surface area contributed by atoms with Crippen molar-refractivity contribution in [2.45, 2.75) is 20.5 Å². The minimum atomic E-state index is -0.0749. The van der Waals surface area contributed by atoms with Gasteiger partial charge in [0.2, 0.25) is 0 Å². The van der Waals surface area contributed by atoms with Gasteiger partial charge >= 0.3 is 0 Å². The van der Waals surface area contributed by atoms with Gasteiger partial charge in [0.15, 0.2) is 0 Å². The maximum Gasteiger partial charge on any atom is 0.136 e. The minimum Gasteiger partial charge on any atom is -0.457 e. The van der Waals surface area contributed by atoms with E-state index in [1.54, 1.807) is 6.20 Å². The lowest BCUT2D eigenvalue weighted by atomic mass is 10.2. The molecule has 0 spiro atoms. The summed E-state index contributed by atoms with van der Waals surface area (Å²) in [4.78, 5) is 4.13. The smallest absolute Gasteiger partial charge is 0.136 e. The lowest BCUT2D eigenvalue weighted by molar-refractivity contribution is 0.276. The van der Waals surface area contributed by atoms with Crippen LogP contribution in [0.25, 0.3) is 0 Å². The average molecular weight is 229 g/mol. The van der Waals surface area contributed by atoms with Crippen molar-refractivity contribution in [2.75, 3.05) is 0 Å². The van der Waals surface area contributed by atoms with Crippen LogP contribution in [0.5, 0.6) is 11.5 Å². The molecule has 0 unspecified atom stereocenters. The number of benzene rings is 1. The Morgan fingerprint density at radius 1 is 1.18 bits per heavy atom. The molecular weight excluding hydrogens is 214 g/mol. The van der Waals surface area contributed by atoms with Gasteiger partial charge in [-0.2, -0.15) is 0 Å². The highest BCUT2D eigenvalue weighted by molar-refractivity contribution is 5.40. The largest absolute Gasteiger partial charge is 0.457 e. The SMILES string of the molecule is Cc1cc(Oc2ccccc2C)c(CO)cn1. The third-order valence-corrected chi connectivity index (χ3v) is 2.56. The first kappa shape index (κ1) is 11.6. The molecule has 17 heavy (non-hydrogen) atoms. The lowest BCUT2D eigenvalue weighted by Crippen LogP contribution is -1.95. The molecule has 0 saturated heterocycles. The summed E-state index contributed by atoms with van der Waals surface area (Å²) in [6.45, 7) is 3.81. The van der Waals surface area contributed by atoms with Crippen LogP contribution in [-0.2, 0) is 6.61 Å². The first-order valence-corrected chi connectivity index (χ1v) is 5.50. The van der Waals surface area contributed by atoms with Crippen molar-refractivity contribution in [1.29, 1.82) is 0 Å². The predicted molar refractivity (Wildman–Crippen MR) is 66.1 cm³/mol. The van der Waals surface area contributed by atoms with E-state index in [9.17, 15) is 5.11 Å². The van der Waals surface area contributed by atoms with Gasteiger partial charge in [0.05, 0.1) is 6.61 Å². The van der Waals surface area contributed by atoms with Crippen molar-refractivity contribution >= 4 is 0 Å². The molecule has 0 aliphatic rings. The van der Waals surface area contributed by atoms with Crippen molar-refractivity contribution in [3.05, 3.63) is 53.3 Å². The summed E-state index contributed by atoms with van der Waals surface area (Å²) in [5.41, 5.74) is 2.62. The predicted octanol–water partition coefficient (Wildman–Crippen LogP) is 2.98. The molecule has 2 rings (SSSR count). The number of ether oxygens (including phenoxy) is 1. The Hall–Kier alpha value is -1.87. The highest BCUT2D eigenvalue weighted by atomic mass is 16.5. The second-order valence-corrected chi connectivity index (χ2v) is 3.96. The van der Waals surface area contributed by atoms with E-state index >= 15 is 0 Å². The van der Waals surface area contributed by atoms with E-state index in [0.29, 0.717) is 11.3 Å². The summed E-state index contributed by atoms with van der Waals surface area (Å²) in [6, 6.07) is 9.62. The Morgan fingerprint density at radius 2 is 1.94 bits per heavy atom. The Balaban J connectivity index is 2.35. The number of aliphatic hydroxyl groups is 1. The van der Waals surface area contributed by atoms with Crippen LogP contribution in [0.2, 0.25) is 0 Å². The summed E-state index contributed by atoms with van der Waals surface area (Å²) in [7, 11) is 0.